The van der Waals surface area contributed by atoms with Gasteiger partial charge in [-0.3, -0.25) is 0 Å². The molecule has 0 unspecified atom stereocenters. The fourth-order valence-electron chi connectivity index (χ4n) is 15.3. The van der Waals surface area contributed by atoms with Crippen LogP contribution in [0.5, 0.6) is 0 Å². The number of rotatable bonds is 3. The quantitative estimate of drug-likeness (QED) is 0.122. The summed E-state index contributed by atoms with van der Waals surface area (Å²) in [5.41, 5.74) is 15.8. The Hall–Kier alpha value is -9.40. The van der Waals surface area contributed by atoms with Crippen LogP contribution in [0.15, 0.2) is 218 Å². The van der Waals surface area contributed by atoms with Gasteiger partial charge in [0.05, 0.1) is 0 Å². The van der Waals surface area contributed by atoms with Crippen molar-refractivity contribution in [1.29, 1.82) is 0 Å². The molecule has 17 aromatic carbocycles. The molecule has 0 nitrogen and oxygen atoms in total. The van der Waals surface area contributed by atoms with Crippen molar-refractivity contribution < 1.29 is 0 Å². The van der Waals surface area contributed by atoms with Crippen LogP contribution in [0.3, 0.4) is 0 Å². The summed E-state index contributed by atoms with van der Waals surface area (Å²) in [6.45, 7) is 4.60. The van der Waals surface area contributed by atoms with E-state index in [4.69, 9.17) is 0 Å². The minimum absolute atomic E-state index is 1.28. The maximum absolute atomic E-state index is 2.59. The lowest BCUT2D eigenvalue weighted by Gasteiger charge is -2.19. The molecule has 1 aromatic heterocycles. The van der Waals surface area contributed by atoms with E-state index in [0.717, 1.165) is 0 Å². The number of hydrogen-bond acceptors (Lipinski definition) is 1. The molecule has 0 fully saturated rings. The zero-order chi connectivity index (χ0) is 50.1. The number of aryl methyl sites for hydroxylation is 2. The number of fused-ring (bicyclic) bond motifs is 16. The minimum atomic E-state index is 1.28. The molecular formula is C76H42S. The van der Waals surface area contributed by atoms with Crippen molar-refractivity contribution in [3.8, 4) is 55.6 Å². The Morgan fingerprint density at radius 3 is 1.27 bits per heavy atom. The van der Waals surface area contributed by atoms with Crippen LogP contribution >= 0.6 is 11.3 Å². The fourth-order valence-corrected chi connectivity index (χ4v) is 16.5. The summed E-state index contributed by atoms with van der Waals surface area (Å²) in [5, 5.41) is 31.9. The predicted octanol–water partition coefficient (Wildman–Crippen LogP) is 22.3. The maximum atomic E-state index is 2.59. The third-order valence-electron chi connectivity index (χ3n) is 18.5. The molecule has 0 saturated heterocycles. The average Bonchev–Trinajstić information content (AvgIpc) is 4.38. The van der Waals surface area contributed by atoms with Crippen molar-refractivity contribution in [1.82, 2.24) is 0 Å². The van der Waals surface area contributed by atoms with Crippen LogP contribution in [0.1, 0.15) is 11.1 Å². The van der Waals surface area contributed by atoms with Crippen molar-refractivity contribution in [2.24, 2.45) is 0 Å². The molecule has 0 amide bonds. The van der Waals surface area contributed by atoms with Gasteiger partial charge in [0, 0.05) is 25.7 Å². The van der Waals surface area contributed by atoms with Gasteiger partial charge in [0.25, 0.3) is 0 Å². The van der Waals surface area contributed by atoms with Crippen molar-refractivity contribution in [3.63, 3.8) is 0 Å². The highest BCUT2D eigenvalue weighted by Gasteiger charge is 2.30. The lowest BCUT2D eigenvalue weighted by atomic mass is 9.84. The molecule has 19 rings (SSSR count). The highest BCUT2D eigenvalue weighted by molar-refractivity contribution is 7.26. The Balaban J connectivity index is 0.956. The topological polar surface area (TPSA) is 0 Å². The summed E-state index contributed by atoms with van der Waals surface area (Å²) >= 11 is 1.91. The molecule has 0 radical (unpaired) electrons. The largest absolute Gasteiger partial charge is 0.135 e. The summed E-state index contributed by atoms with van der Waals surface area (Å²) in [6, 6.07) is 84.3. The molecule has 1 aliphatic carbocycles. The van der Waals surface area contributed by atoms with Gasteiger partial charge in [-0.1, -0.05) is 188 Å². The molecule has 0 N–H and O–H groups in total. The van der Waals surface area contributed by atoms with E-state index in [2.05, 4.69) is 232 Å². The minimum Gasteiger partial charge on any atom is -0.135 e. The van der Waals surface area contributed by atoms with Crippen LogP contribution in [-0.2, 0) is 0 Å². The zero-order valence-corrected chi connectivity index (χ0v) is 43.0. The maximum Gasteiger partial charge on any atom is 0.0434 e. The monoisotopic (exact) mass is 986 g/mol. The van der Waals surface area contributed by atoms with E-state index >= 15 is 0 Å². The molecule has 1 heterocycles. The first-order chi connectivity index (χ1) is 38.1. The van der Waals surface area contributed by atoms with Gasteiger partial charge in [0.15, 0.2) is 0 Å². The number of hydrogen-bond donors (Lipinski definition) is 0. The van der Waals surface area contributed by atoms with Crippen LogP contribution in [0, 0.1) is 13.8 Å². The summed E-state index contributed by atoms with van der Waals surface area (Å²) < 4.78 is 2.69. The first-order valence-corrected chi connectivity index (χ1v) is 27.9. The van der Waals surface area contributed by atoms with E-state index in [0.29, 0.717) is 0 Å². The number of thiophene rings is 1. The summed E-state index contributed by atoms with van der Waals surface area (Å²) in [6.07, 6.45) is 0. The van der Waals surface area contributed by atoms with Crippen LogP contribution in [0.4, 0.5) is 0 Å². The van der Waals surface area contributed by atoms with Crippen LogP contribution in [-0.4, -0.2) is 0 Å². The van der Waals surface area contributed by atoms with Crippen LogP contribution in [0.2, 0.25) is 0 Å². The normalized spacial score (nSPS) is 12.8. The Labute approximate surface area is 446 Å². The second-order valence-corrected chi connectivity index (χ2v) is 23.2. The summed E-state index contributed by atoms with van der Waals surface area (Å²) in [7, 11) is 0. The van der Waals surface area contributed by atoms with Gasteiger partial charge >= 0.3 is 0 Å². The van der Waals surface area contributed by atoms with E-state index in [9.17, 15) is 0 Å². The van der Waals surface area contributed by atoms with Crippen molar-refractivity contribution >= 4 is 150 Å². The van der Waals surface area contributed by atoms with Crippen molar-refractivity contribution in [2.45, 2.75) is 13.8 Å². The lowest BCUT2D eigenvalue weighted by molar-refractivity contribution is 1.47. The first-order valence-electron chi connectivity index (χ1n) is 27.1. The fraction of sp³-hybridized carbons (Fsp3) is 0.0263. The van der Waals surface area contributed by atoms with E-state index in [1.165, 1.54) is 205 Å². The molecule has 18 aromatic rings. The van der Waals surface area contributed by atoms with Gasteiger partial charge in [-0.15, -0.1) is 11.3 Å². The van der Waals surface area contributed by atoms with Gasteiger partial charge in [-0.25, -0.2) is 0 Å². The molecule has 1 heteroatoms. The van der Waals surface area contributed by atoms with Crippen molar-refractivity contribution in [3.05, 3.63) is 230 Å². The van der Waals surface area contributed by atoms with Crippen LogP contribution in [0.25, 0.3) is 194 Å². The van der Waals surface area contributed by atoms with Gasteiger partial charge in [0.2, 0.25) is 0 Å². The molecular weight excluding hydrogens is 945 g/mol. The third-order valence-corrected chi connectivity index (χ3v) is 19.7. The van der Waals surface area contributed by atoms with Crippen LogP contribution < -0.4 is 0 Å². The van der Waals surface area contributed by atoms with Gasteiger partial charge in [-0.05, 0) is 224 Å². The van der Waals surface area contributed by atoms with Crippen molar-refractivity contribution in [2.75, 3.05) is 0 Å². The molecule has 0 saturated carbocycles. The first kappa shape index (κ1) is 40.9. The average molecular weight is 987 g/mol. The van der Waals surface area contributed by atoms with E-state index < -0.39 is 0 Å². The molecule has 0 aliphatic heterocycles. The second kappa shape index (κ2) is 14.3. The Bertz CT molecular complexity index is 5460. The smallest absolute Gasteiger partial charge is 0.0434 e. The molecule has 352 valence electrons. The Kier molecular flexibility index (Phi) is 7.60. The summed E-state index contributed by atoms with van der Waals surface area (Å²) in [5.74, 6) is 0. The molecule has 0 spiro atoms. The van der Waals surface area contributed by atoms with Gasteiger partial charge in [-0.2, -0.15) is 0 Å². The lowest BCUT2D eigenvalue weighted by Crippen LogP contribution is -1.92. The van der Waals surface area contributed by atoms with E-state index in [-0.39, 0.29) is 0 Å². The van der Waals surface area contributed by atoms with E-state index in [1.54, 1.807) is 0 Å². The van der Waals surface area contributed by atoms with E-state index in [1.807, 2.05) is 11.3 Å². The SMILES string of the molecule is Cc1ccccc1-c1c2cc3c(cc2c(-c2ccccc2C)c2c4ccc5c6ccc7c8c(ccc(c9ccc(c12)c4c95)c86)-c1cc2ccccc2cc1-7)c1ccc(-c2cccc4c2sc2ccccc24)c2cccc3c21. The molecule has 0 bridgehead atoms. The Morgan fingerprint density at radius 2 is 0.649 bits per heavy atom. The highest BCUT2D eigenvalue weighted by Crippen LogP contribution is 2.58. The Morgan fingerprint density at radius 1 is 0.221 bits per heavy atom. The highest BCUT2D eigenvalue weighted by atomic mass is 32.1. The second-order valence-electron chi connectivity index (χ2n) is 22.1. The standard InChI is InChI=1S/C76H42S/c1-39-13-3-7-17-43(39)68-64-37-62-48-21-11-20-47-45(56-22-12-23-57-46-19-9-10-24-66(46)77-76(56)57)25-26-53(67(47)48)63(62)38-65(64)69(44-18-8-4-14-40(44)2)75-59-34-32-52-50-28-30-55-61-36-42-16-6-5-15-41(42)35-60(61)54-29-27-49(70(50)72(54)55)51-31-33-58(74(68)75)73(59)71(51)52/h3-38H,1-2H3. The number of benzene rings is 15. The van der Waals surface area contributed by atoms with Gasteiger partial charge < -0.3 is 0 Å². The molecule has 1 aliphatic rings. The molecule has 0 atom stereocenters. The molecule has 77 heavy (non-hydrogen) atoms. The third kappa shape index (κ3) is 5.01. The predicted molar refractivity (Wildman–Crippen MR) is 336 cm³/mol. The van der Waals surface area contributed by atoms with Gasteiger partial charge in [0.1, 0.15) is 0 Å². The zero-order valence-electron chi connectivity index (χ0n) is 42.2. The summed E-state index contributed by atoms with van der Waals surface area (Å²) in [4.78, 5) is 0.